The Morgan fingerprint density at radius 1 is 1.14 bits per heavy atom. The second-order valence-electron chi connectivity index (χ2n) is 11.9. The molecule has 3 heterocycles. The van der Waals surface area contributed by atoms with Crippen molar-refractivity contribution >= 4 is 39.9 Å². The Labute approximate surface area is 281 Å². The molecule has 9 nitrogen and oxygen atoms in total. The number of amides is 1. The number of nitrogen functional groups attached to an aromatic ring is 1. The maximum atomic E-state index is 14.7. The number of carbonyl (C=O) groups is 1. The quantitative estimate of drug-likeness (QED) is 0.177. The molecule has 6 rings (SSSR count). The predicted octanol–water partition coefficient (Wildman–Crippen LogP) is 6.24. The lowest BCUT2D eigenvalue weighted by molar-refractivity contribution is -0.120. The minimum absolute atomic E-state index is 0.143. The minimum atomic E-state index is -3.57. The summed E-state index contributed by atoms with van der Waals surface area (Å²) in [5, 5.41) is 8.04. The molecule has 2 aromatic heterocycles. The summed E-state index contributed by atoms with van der Waals surface area (Å²) >= 11 is 6.56. The highest BCUT2D eigenvalue weighted by Crippen LogP contribution is 2.41. The van der Waals surface area contributed by atoms with Crippen LogP contribution in [0.5, 0.6) is 0 Å². The molecule has 1 amide bonds. The number of ether oxygens (including phenoxy) is 1. The van der Waals surface area contributed by atoms with Crippen molar-refractivity contribution in [3.8, 4) is 11.1 Å². The summed E-state index contributed by atoms with van der Waals surface area (Å²) in [5.74, 6) is -5.99. The van der Waals surface area contributed by atoms with Gasteiger partial charge >= 0.3 is 0 Å². The molecule has 2 aromatic carbocycles. The molecule has 258 valence electrons. The van der Waals surface area contributed by atoms with Gasteiger partial charge < -0.3 is 21.5 Å². The van der Waals surface area contributed by atoms with Crippen LogP contribution in [0.15, 0.2) is 58.7 Å². The van der Waals surface area contributed by atoms with Crippen LogP contribution in [-0.4, -0.2) is 58.5 Å². The van der Waals surface area contributed by atoms with E-state index in [2.05, 4.69) is 15.4 Å². The molecular formula is C33H30ClF6N7O2. The first-order valence-electron chi connectivity index (χ1n) is 15.2. The van der Waals surface area contributed by atoms with Crippen LogP contribution in [0.2, 0.25) is 5.02 Å². The van der Waals surface area contributed by atoms with Crippen LogP contribution in [0, 0.1) is 18.6 Å². The standard InChI is InChI=1S/C33H30ClF6N7O2/c1-15-2-3-20(21-4-5-23(34)26-29(21)47(46-32(26)42)19-13-49-14-19)28(44-15)24(10-16-8-17(35)11-18(36)9-16)45-25(48)12-43-30-22(27(41)31(37)38)6-7-33(30,39)40/h2-5,8-9,11,19,24,31H,6-7,10,12-14,41H2,1H3,(H2,42,46)(H,45,48)/t24-/m0/s1. The Kier molecular flexibility index (Phi) is 9.33. The number of benzene rings is 2. The lowest BCUT2D eigenvalue weighted by Crippen LogP contribution is -2.34. The van der Waals surface area contributed by atoms with Crippen LogP contribution in [0.1, 0.15) is 41.9 Å². The SMILES string of the molecule is Cc1ccc(-c2ccc(Cl)c3c(N)nn(C4COC4)c23)c([C@H](Cc2cc(F)cc(F)c2)NC(=O)CN=C2C(=C(N)C(F)F)CCC2(F)F)n1. The fourth-order valence-corrected chi connectivity index (χ4v) is 6.36. The van der Waals surface area contributed by atoms with Gasteiger partial charge in [-0.25, -0.2) is 17.6 Å². The number of aryl methyl sites for hydroxylation is 1. The first-order chi connectivity index (χ1) is 23.2. The number of rotatable bonds is 9. The van der Waals surface area contributed by atoms with Crippen molar-refractivity contribution in [1.82, 2.24) is 20.1 Å². The number of alkyl halides is 4. The van der Waals surface area contributed by atoms with Crippen molar-refractivity contribution in [1.29, 1.82) is 0 Å². The first-order valence-corrected chi connectivity index (χ1v) is 15.6. The number of carbonyl (C=O) groups excluding carboxylic acids is 1. The number of nitrogens with zero attached hydrogens (tertiary/aromatic N) is 4. The Balaban J connectivity index is 1.44. The second-order valence-corrected chi connectivity index (χ2v) is 12.3. The van der Waals surface area contributed by atoms with Gasteiger partial charge in [0.1, 0.15) is 23.9 Å². The number of nitrogens with two attached hydrogens (primary N) is 2. The number of pyridine rings is 1. The van der Waals surface area contributed by atoms with Crippen LogP contribution in [0.4, 0.5) is 32.2 Å². The third-order valence-electron chi connectivity index (χ3n) is 8.46. The number of aliphatic imine (C=N–C) groups is 1. The Morgan fingerprint density at radius 3 is 2.49 bits per heavy atom. The number of aromatic nitrogens is 3. The Hall–Kier alpha value is -4.63. The monoisotopic (exact) mass is 705 g/mol. The maximum absolute atomic E-state index is 14.7. The van der Waals surface area contributed by atoms with Gasteiger partial charge in [-0.1, -0.05) is 23.7 Å². The zero-order valence-corrected chi connectivity index (χ0v) is 26.7. The maximum Gasteiger partial charge on any atom is 0.289 e. The van der Waals surface area contributed by atoms with Gasteiger partial charge in [-0.3, -0.25) is 19.5 Å². The number of fused-ring (bicyclic) bond motifs is 1. The van der Waals surface area contributed by atoms with Crippen LogP contribution in [0.3, 0.4) is 0 Å². The van der Waals surface area contributed by atoms with Gasteiger partial charge in [0, 0.05) is 34.9 Å². The molecule has 1 atom stereocenters. The highest BCUT2D eigenvalue weighted by Gasteiger charge is 2.45. The van der Waals surface area contributed by atoms with Crippen LogP contribution < -0.4 is 16.8 Å². The number of allylic oxidation sites excluding steroid dienone is 2. The van der Waals surface area contributed by atoms with Crippen molar-refractivity contribution in [2.24, 2.45) is 10.7 Å². The number of hydrogen-bond donors (Lipinski definition) is 3. The highest BCUT2D eigenvalue weighted by atomic mass is 35.5. The van der Waals surface area contributed by atoms with Crippen LogP contribution in [-0.2, 0) is 16.0 Å². The zero-order chi connectivity index (χ0) is 35.2. The largest absolute Gasteiger partial charge is 0.397 e. The highest BCUT2D eigenvalue weighted by molar-refractivity contribution is 6.37. The van der Waals surface area contributed by atoms with Gasteiger partial charge in [0.25, 0.3) is 12.3 Å². The lowest BCUT2D eigenvalue weighted by Gasteiger charge is -2.28. The van der Waals surface area contributed by atoms with Crippen molar-refractivity contribution in [2.45, 2.75) is 50.6 Å². The molecule has 4 aromatic rings. The number of nitrogens with one attached hydrogen (secondary N) is 1. The smallest absolute Gasteiger partial charge is 0.289 e. The molecule has 49 heavy (non-hydrogen) atoms. The van der Waals surface area contributed by atoms with E-state index < -0.39 is 72.3 Å². The summed E-state index contributed by atoms with van der Waals surface area (Å²) in [6.07, 6.45) is -4.59. The number of anilines is 1. The third-order valence-corrected chi connectivity index (χ3v) is 8.78. The summed E-state index contributed by atoms with van der Waals surface area (Å²) in [5.41, 5.74) is 11.8. The minimum Gasteiger partial charge on any atom is -0.397 e. The van der Waals surface area contributed by atoms with E-state index in [-0.39, 0.29) is 29.5 Å². The first kappa shape index (κ1) is 34.2. The van der Waals surface area contributed by atoms with Gasteiger partial charge in [-0.05, 0) is 49.6 Å². The summed E-state index contributed by atoms with van der Waals surface area (Å²) in [6.45, 7) is 1.59. The molecule has 16 heteroatoms. The van der Waals surface area contributed by atoms with Gasteiger partial charge in [-0.2, -0.15) is 13.9 Å². The fourth-order valence-electron chi connectivity index (χ4n) is 6.12. The predicted molar refractivity (Wildman–Crippen MR) is 172 cm³/mol. The summed E-state index contributed by atoms with van der Waals surface area (Å²) in [7, 11) is 0. The van der Waals surface area contributed by atoms with E-state index in [4.69, 9.17) is 32.8 Å². The zero-order valence-electron chi connectivity index (χ0n) is 25.9. The van der Waals surface area contributed by atoms with Crippen molar-refractivity contribution in [3.63, 3.8) is 0 Å². The van der Waals surface area contributed by atoms with E-state index in [0.29, 0.717) is 52.0 Å². The third kappa shape index (κ3) is 6.81. The van der Waals surface area contributed by atoms with E-state index >= 15 is 0 Å². The molecular weight excluding hydrogens is 676 g/mol. The van der Waals surface area contributed by atoms with E-state index in [1.165, 1.54) is 0 Å². The molecule has 1 saturated heterocycles. The molecule has 0 radical (unpaired) electrons. The normalized spacial score (nSPS) is 18.7. The molecule has 2 fully saturated rings. The summed E-state index contributed by atoms with van der Waals surface area (Å²) in [4.78, 5) is 21.9. The van der Waals surface area contributed by atoms with E-state index in [0.717, 1.165) is 12.1 Å². The van der Waals surface area contributed by atoms with Crippen molar-refractivity contribution in [3.05, 3.63) is 87.3 Å². The Morgan fingerprint density at radius 2 is 1.84 bits per heavy atom. The molecule has 0 unspecified atom stereocenters. The lowest BCUT2D eigenvalue weighted by atomic mass is 9.93. The molecule has 1 aliphatic heterocycles. The summed E-state index contributed by atoms with van der Waals surface area (Å²) in [6, 6.07) is 8.48. The topological polar surface area (TPSA) is 133 Å². The van der Waals surface area contributed by atoms with E-state index in [1.54, 1.807) is 35.9 Å². The number of hydrogen-bond acceptors (Lipinski definition) is 7. The van der Waals surface area contributed by atoms with Gasteiger partial charge in [0.15, 0.2) is 5.82 Å². The van der Waals surface area contributed by atoms with Crippen molar-refractivity contribution in [2.75, 3.05) is 25.5 Å². The van der Waals surface area contributed by atoms with E-state index in [1.807, 2.05) is 0 Å². The molecule has 0 bridgehead atoms. The average molecular weight is 706 g/mol. The van der Waals surface area contributed by atoms with Gasteiger partial charge in [0.2, 0.25) is 5.91 Å². The van der Waals surface area contributed by atoms with E-state index in [9.17, 15) is 31.1 Å². The number of halogens is 7. The van der Waals surface area contributed by atoms with Crippen LogP contribution >= 0.6 is 11.6 Å². The molecule has 0 spiro atoms. The van der Waals surface area contributed by atoms with Gasteiger partial charge in [-0.15, -0.1) is 0 Å². The van der Waals surface area contributed by atoms with Crippen LogP contribution in [0.25, 0.3) is 22.0 Å². The molecule has 5 N–H and O–H groups in total. The summed E-state index contributed by atoms with van der Waals surface area (Å²) < 4.78 is 91.7. The second kappa shape index (κ2) is 13.3. The molecule has 1 saturated carbocycles. The molecule has 1 aliphatic carbocycles. The van der Waals surface area contributed by atoms with Gasteiger partial charge in [0.05, 0.1) is 52.6 Å². The fraction of sp³-hybridized carbons (Fsp3) is 0.333. The Bertz CT molecular complexity index is 1990. The average Bonchev–Trinajstić information content (AvgIpc) is 3.49. The molecule has 2 aliphatic rings. The van der Waals surface area contributed by atoms with Crippen molar-refractivity contribution < 1.29 is 35.9 Å².